The number of hydrogen-bond donors (Lipinski definition) is 2. The Morgan fingerprint density at radius 1 is 1.29 bits per heavy atom. The summed E-state index contributed by atoms with van der Waals surface area (Å²) in [7, 11) is 0. The molecule has 1 fully saturated rings. The molecule has 0 bridgehead atoms. The highest BCUT2D eigenvalue weighted by molar-refractivity contribution is 4.75. The van der Waals surface area contributed by atoms with Gasteiger partial charge in [-0.05, 0) is 39.5 Å². The summed E-state index contributed by atoms with van der Waals surface area (Å²) in [6.07, 6.45) is 2.00. The van der Waals surface area contributed by atoms with Crippen molar-refractivity contribution in [2.45, 2.75) is 51.9 Å². The second-order valence-electron chi connectivity index (χ2n) is 5.18. The average Bonchev–Trinajstić information content (AvgIpc) is 2.34. The number of aliphatic hydroxyl groups excluding tert-OH is 1. The third kappa shape index (κ3) is 6.36. The van der Waals surface area contributed by atoms with Crippen LogP contribution in [-0.4, -0.2) is 49.7 Å². The molecular weight excluding hydrogens is 218 g/mol. The minimum atomic E-state index is -0.417. The van der Waals surface area contributed by atoms with Crippen molar-refractivity contribution in [1.29, 1.82) is 0 Å². The smallest absolute Gasteiger partial charge is 0.0897 e. The van der Waals surface area contributed by atoms with Gasteiger partial charge in [-0.3, -0.25) is 0 Å². The standard InChI is InChI=1S/C13H27NO3/c1-10(2)17-9-13(15)8-14-11(3)12-4-6-16-7-5-12/h10-15H,4-9H2,1-3H3. The van der Waals surface area contributed by atoms with Gasteiger partial charge in [0, 0.05) is 25.8 Å². The molecule has 1 saturated heterocycles. The Kier molecular flexibility index (Phi) is 7.04. The van der Waals surface area contributed by atoms with Crippen molar-refractivity contribution in [3.8, 4) is 0 Å². The van der Waals surface area contributed by atoms with Crippen LogP contribution in [0.2, 0.25) is 0 Å². The van der Waals surface area contributed by atoms with Crippen LogP contribution in [0.5, 0.6) is 0 Å². The number of aliphatic hydroxyl groups is 1. The largest absolute Gasteiger partial charge is 0.389 e. The van der Waals surface area contributed by atoms with Crippen molar-refractivity contribution < 1.29 is 14.6 Å². The van der Waals surface area contributed by atoms with Crippen molar-refractivity contribution >= 4 is 0 Å². The second-order valence-corrected chi connectivity index (χ2v) is 5.18. The zero-order chi connectivity index (χ0) is 12.7. The van der Waals surface area contributed by atoms with E-state index < -0.39 is 6.10 Å². The Morgan fingerprint density at radius 2 is 1.94 bits per heavy atom. The van der Waals surface area contributed by atoms with Gasteiger partial charge in [0.15, 0.2) is 0 Å². The molecule has 0 aliphatic carbocycles. The molecule has 17 heavy (non-hydrogen) atoms. The Morgan fingerprint density at radius 3 is 2.53 bits per heavy atom. The Balaban J connectivity index is 2.11. The van der Waals surface area contributed by atoms with E-state index in [4.69, 9.17) is 9.47 Å². The van der Waals surface area contributed by atoms with E-state index in [0.717, 1.165) is 26.1 Å². The molecule has 1 aliphatic rings. The fourth-order valence-electron chi connectivity index (χ4n) is 2.07. The van der Waals surface area contributed by atoms with Gasteiger partial charge in [-0.15, -0.1) is 0 Å². The van der Waals surface area contributed by atoms with E-state index in [1.807, 2.05) is 13.8 Å². The molecule has 2 N–H and O–H groups in total. The molecule has 4 nitrogen and oxygen atoms in total. The normalized spacial score (nSPS) is 21.7. The fourth-order valence-corrected chi connectivity index (χ4v) is 2.07. The lowest BCUT2D eigenvalue weighted by Gasteiger charge is -2.29. The minimum absolute atomic E-state index is 0.178. The molecule has 1 heterocycles. The number of nitrogens with one attached hydrogen (secondary N) is 1. The maximum absolute atomic E-state index is 9.73. The average molecular weight is 245 g/mol. The molecule has 0 spiro atoms. The summed E-state index contributed by atoms with van der Waals surface area (Å²) in [5, 5.41) is 13.1. The van der Waals surface area contributed by atoms with E-state index in [0.29, 0.717) is 25.1 Å². The maximum Gasteiger partial charge on any atom is 0.0897 e. The molecule has 2 atom stereocenters. The van der Waals surface area contributed by atoms with E-state index in [2.05, 4.69) is 12.2 Å². The topological polar surface area (TPSA) is 50.7 Å². The molecule has 0 aromatic rings. The highest BCUT2D eigenvalue weighted by Gasteiger charge is 2.20. The number of hydrogen-bond acceptors (Lipinski definition) is 4. The van der Waals surface area contributed by atoms with Crippen molar-refractivity contribution in [1.82, 2.24) is 5.32 Å². The quantitative estimate of drug-likeness (QED) is 0.707. The van der Waals surface area contributed by atoms with Crippen LogP contribution in [0.4, 0.5) is 0 Å². The fraction of sp³-hybridized carbons (Fsp3) is 1.00. The van der Waals surface area contributed by atoms with E-state index in [1.54, 1.807) is 0 Å². The molecular formula is C13H27NO3. The molecule has 1 rings (SSSR count). The van der Waals surface area contributed by atoms with Crippen LogP contribution in [0, 0.1) is 5.92 Å². The van der Waals surface area contributed by atoms with Crippen LogP contribution in [0.25, 0.3) is 0 Å². The lowest BCUT2D eigenvalue weighted by atomic mass is 9.93. The van der Waals surface area contributed by atoms with E-state index >= 15 is 0 Å². The molecule has 0 radical (unpaired) electrons. The van der Waals surface area contributed by atoms with Crippen LogP contribution in [-0.2, 0) is 9.47 Å². The highest BCUT2D eigenvalue weighted by atomic mass is 16.5. The molecule has 2 unspecified atom stereocenters. The van der Waals surface area contributed by atoms with Crippen LogP contribution < -0.4 is 5.32 Å². The Bertz CT molecular complexity index is 193. The maximum atomic E-state index is 9.73. The lowest BCUT2D eigenvalue weighted by Crippen LogP contribution is -2.41. The van der Waals surface area contributed by atoms with Crippen LogP contribution in [0.15, 0.2) is 0 Å². The van der Waals surface area contributed by atoms with Crippen molar-refractivity contribution in [2.24, 2.45) is 5.92 Å². The molecule has 0 aromatic heterocycles. The van der Waals surface area contributed by atoms with E-state index in [9.17, 15) is 5.11 Å². The van der Waals surface area contributed by atoms with Gasteiger partial charge >= 0.3 is 0 Å². The Labute approximate surface area is 105 Å². The van der Waals surface area contributed by atoms with Crippen molar-refractivity contribution in [3.05, 3.63) is 0 Å². The number of ether oxygens (including phenoxy) is 2. The Hall–Kier alpha value is -0.160. The summed E-state index contributed by atoms with van der Waals surface area (Å²) in [5.41, 5.74) is 0. The van der Waals surface area contributed by atoms with Gasteiger partial charge in [-0.25, -0.2) is 0 Å². The molecule has 102 valence electrons. The second kappa shape index (κ2) is 8.03. The molecule has 4 heteroatoms. The summed E-state index contributed by atoms with van der Waals surface area (Å²) in [6, 6.07) is 0.438. The summed E-state index contributed by atoms with van der Waals surface area (Å²) >= 11 is 0. The summed E-state index contributed by atoms with van der Waals surface area (Å²) in [5.74, 6) is 0.668. The molecule has 1 aliphatic heterocycles. The first-order valence-electron chi connectivity index (χ1n) is 6.70. The summed E-state index contributed by atoms with van der Waals surface area (Å²) in [4.78, 5) is 0. The summed E-state index contributed by atoms with van der Waals surface area (Å²) < 4.78 is 10.7. The predicted octanol–water partition coefficient (Wildman–Crippen LogP) is 1.18. The first-order chi connectivity index (χ1) is 8.09. The highest BCUT2D eigenvalue weighted by Crippen LogP contribution is 2.18. The molecule has 0 amide bonds. The molecule has 0 saturated carbocycles. The summed E-state index contributed by atoms with van der Waals surface area (Å²) in [6.45, 7) is 8.89. The molecule has 0 aromatic carbocycles. The number of rotatable bonds is 7. The lowest BCUT2D eigenvalue weighted by molar-refractivity contribution is 0.00308. The van der Waals surface area contributed by atoms with Gasteiger partial charge in [0.25, 0.3) is 0 Å². The van der Waals surface area contributed by atoms with Gasteiger partial charge in [0.2, 0.25) is 0 Å². The zero-order valence-electron chi connectivity index (χ0n) is 11.3. The monoisotopic (exact) mass is 245 g/mol. The van der Waals surface area contributed by atoms with Gasteiger partial charge in [-0.2, -0.15) is 0 Å². The van der Waals surface area contributed by atoms with Gasteiger partial charge < -0.3 is 19.9 Å². The first-order valence-corrected chi connectivity index (χ1v) is 6.70. The SMILES string of the molecule is CC(C)OCC(O)CNC(C)C1CCOCC1. The van der Waals surface area contributed by atoms with Crippen LogP contribution in [0.3, 0.4) is 0 Å². The van der Waals surface area contributed by atoms with Crippen LogP contribution >= 0.6 is 0 Å². The predicted molar refractivity (Wildman–Crippen MR) is 68.1 cm³/mol. The zero-order valence-corrected chi connectivity index (χ0v) is 11.3. The van der Waals surface area contributed by atoms with E-state index in [1.165, 1.54) is 0 Å². The van der Waals surface area contributed by atoms with Crippen molar-refractivity contribution in [3.63, 3.8) is 0 Å². The van der Waals surface area contributed by atoms with Gasteiger partial charge in [0.05, 0.1) is 18.8 Å². The van der Waals surface area contributed by atoms with Crippen LogP contribution in [0.1, 0.15) is 33.6 Å². The van der Waals surface area contributed by atoms with Gasteiger partial charge in [0.1, 0.15) is 0 Å². The third-order valence-corrected chi connectivity index (χ3v) is 3.27. The third-order valence-electron chi connectivity index (χ3n) is 3.27. The first kappa shape index (κ1) is 14.9. The minimum Gasteiger partial charge on any atom is -0.389 e. The van der Waals surface area contributed by atoms with Crippen molar-refractivity contribution in [2.75, 3.05) is 26.4 Å². The van der Waals surface area contributed by atoms with Gasteiger partial charge in [-0.1, -0.05) is 0 Å². The van der Waals surface area contributed by atoms with E-state index in [-0.39, 0.29) is 6.10 Å².